The van der Waals surface area contributed by atoms with Crippen molar-refractivity contribution in [3.63, 3.8) is 0 Å². The molecule has 6 heteroatoms. The fourth-order valence-electron chi connectivity index (χ4n) is 3.63. The minimum absolute atomic E-state index is 0.0176. The smallest absolute Gasteiger partial charge is 0.279 e. The summed E-state index contributed by atoms with van der Waals surface area (Å²) >= 11 is 1.47. The monoisotopic (exact) mass is 354 g/mol. The quantitative estimate of drug-likeness (QED) is 0.677. The second kappa shape index (κ2) is 7.04. The van der Waals surface area contributed by atoms with Crippen LogP contribution in [0.2, 0.25) is 0 Å². The molecule has 25 heavy (non-hydrogen) atoms. The van der Waals surface area contributed by atoms with Crippen molar-refractivity contribution in [1.29, 1.82) is 0 Å². The van der Waals surface area contributed by atoms with Crippen LogP contribution in [0.25, 0.3) is 5.78 Å². The molecule has 130 valence electrons. The zero-order chi connectivity index (χ0) is 17.2. The normalized spacial score (nSPS) is 14.9. The number of fused-ring (bicyclic) bond motifs is 2. The lowest BCUT2D eigenvalue weighted by Gasteiger charge is -2.20. The van der Waals surface area contributed by atoms with E-state index in [1.807, 2.05) is 12.3 Å². The van der Waals surface area contributed by atoms with E-state index in [1.54, 1.807) is 0 Å². The Labute approximate surface area is 151 Å². The van der Waals surface area contributed by atoms with Crippen LogP contribution in [0.4, 0.5) is 0 Å². The summed E-state index contributed by atoms with van der Waals surface area (Å²) in [5.41, 5.74) is 3.32. The van der Waals surface area contributed by atoms with Gasteiger partial charge in [-0.15, -0.1) is 5.10 Å². The third-order valence-corrected chi connectivity index (χ3v) is 5.43. The molecule has 0 saturated carbocycles. The first-order valence-electron chi connectivity index (χ1n) is 8.87. The Balaban J connectivity index is 1.96. The molecular weight excluding hydrogens is 332 g/mol. The first-order valence-corrected chi connectivity index (χ1v) is 10.1. The maximum Gasteiger partial charge on any atom is 0.279 e. The van der Waals surface area contributed by atoms with Crippen molar-refractivity contribution >= 4 is 17.5 Å². The number of benzene rings is 1. The molecule has 2 heterocycles. The number of nitrogens with zero attached hydrogens (tertiary/aromatic N) is 4. The highest BCUT2D eigenvalue weighted by Gasteiger charge is 2.21. The SMILES string of the molecule is CSc1nc2n(Cc3ccccc3)c3c(c(=O)n2n1)CCCCCC3. The molecule has 1 aliphatic carbocycles. The lowest BCUT2D eigenvalue weighted by Crippen LogP contribution is -2.28. The van der Waals surface area contributed by atoms with Gasteiger partial charge in [0.15, 0.2) is 0 Å². The van der Waals surface area contributed by atoms with E-state index >= 15 is 0 Å². The van der Waals surface area contributed by atoms with Gasteiger partial charge in [0, 0.05) is 11.3 Å². The number of hydrogen-bond acceptors (Lipinski definition) is 4. The topological polar surface area (TPSA) is 52.2 Å². The molecule has 0 amide bonds. The van der Waals surface area contributed by atoms with Gasteiger partial charge in [0.25, 0.3) is 5.56 Å². The van der Waals surface area contributed by atoms with Gasteiger partial charge in [-0.2, -0.15) is 9.50 Å². The van der Waals surface area contributed by atoms with Crippen molar-refractivity contribution in [2.24, 2.45) is 0 Å². The van der Waals surface area contributed by atoms with Crippen molar-refractivity contribution in [3.8, 4) is 0 Å². The molecule has 0 aliphatic heterocycles. The Kier molecular flexibility index (Phi) is 4.61. The summed E-state index contributed by atoms with van der Waals surface area (Å²) < 4.78 is 3.72. The molecule has 0 N–H and O–H groups in total. The standard InChI is InChI=1S/C19H22N4OS/c1-25-18-20-19-22(13-14-9-5-4-6-10-14)16-12-8-3-2-7-11-15(16)17(24)23(19)21-18/h4-6,9-10H,2-3,7-8,11-13H2,1H3. The third kappa shape index (κ3) is 3.11. The van der Waals surface area contributed by atoms with Gasteiger partial charge in [0.05, 0.1) is 6.54 Å². The summed E-state index contributed by atoms with van der Waals surface area (Å²) in [6.45, 7) is 0.722. The van der Waals surface area contributed by atoms with E-state index in [0.29, 0.717) is 10.9 Å². The van der Waals surface area contributed by atoms with Gasteiger partial charge in [-0.1, -0.05) is 54.9 Å². The predicted molar refractivity (Wildman–Crippen MR) is 100 cm³/mol. The van der Waals surface area contributed by atoms with Gasteiger partial charge >= 0.3 is 0 Å². The Morgan fingerprint density at radius 3 is 2.60 bits per heavy atom. The van der Waals surface area contributed by atoms with E-state index in [1.165, 1.54) is 34.7 Å². The number of hydrogen-bond donors (Lipinski definition) is 0. The summed E-state index contributed by atoms with van der Waals surface area (Å²) in [5, 5.41) is 5.08. The molecule has 2 aromatic heterocycles. The van der Waals surface area contributed by atoms with Crippen LogP contribution in [0.15, 0.2) is 40.3 Å². The highest BCUT2D eigenvalue weighted by atomic mass is 32.2. The highest BCUT2D eigenvalue weighted by molar-refractivity contribution is 7.98. The average Bonchev–Trinajstić information content (AvgIpc) is 3.05. The molecule has 0 fully saturated rings. The molecule has 0 bridgehead atoms. The van der Waals surface area contributed by atoms with Crippen LogP contribution >= 0.6 is 11.8 Å². The number of rotatable bonds is 3. The molecule has 4 rings (SSSR count). The Bertz CT molecular complexity index is 945. The Morgan fingerprint density at radius 2 is 1.84 bits per heavy atom. The maximum absolute atomic E-state index is 13.0. The van der Waals surface area contributed by atoms with E-state index in [-0.39, 0.29) is 5.56 Å². The predicted octanol–water partition coefficient (Wildman–Crippen LogP) is 3.32. The summed E-state index contributed by atoms with van der Waals surface area (Å²) in [7, 11) is 0. The zero-order valence-electron chi connectivity index (χ0n) is 14.4. The minimum Gasteiger partial charge on any atom is -0.309 e. The fourth-order valence-corrected chi connectivity index (χ4v) is 3.97. The molecule has 0 saturated heterocycles. The largest absolute Gasteiger partial charge is 0.309 e. The van der Waals surface area contributed by atoms with Gasteiger partial charge in [-0.05, 0) is 37.5 Å². The van der Waals surface area contributed by atoms with E-state index in [9.17, 15) is 4.79 Å². The molecule has 1 aromatic carbocycles. The summed E-state index contributed by atoms with van der Waals surface area (Å²) in [6.07, 6.45) is 8.35. The van der Waals surface area contributed by atoms with Crippen molar-refractivity contribution in [2.75, 3.05) is 6.26 Å². The van der Waals surface area contributed by atoms with Crippen LogP contribution in [0.5, 0.6) is 0 Å². The summed E-state index contributed by atoms with van der Waals surface area (Å²) in [5.74, 6) is 0.664. The molecule has 0 spiro atoms. The van der Waals surface area contributed by atoms with E-state index < -0.39 is 0 Å². The lowest BCUT2D eigenvalue weighted by molar-refractivity contribution is 0.573. The van der Waals surface area contributed by atoms with Gasteiger partial charge in [0.2, 0.25) is 10.9 Å². The van der Waals surface area contributed by atoms with Crippen molar-refractivity contribution in [3.05, 3.63) is 57.5 Å². The molecular formula is C19H22N4OS. The zero-order valence-corrected chi connectivity index (χ0v) is 15.3. The fraction of sp³-hybridized carbons (Fsp3) is 0.421. The van der Waals surface area contributed by atoms with Crippen molar-refractivity contribution in [1.82, 2.24) is 19.2 Å². The van der Waals surface area contributed by atoms with Gasteiger partial charge in [-0.25, -0.2) is 0 Å². The van der Waals surface area contributed by atoms with Crippen LogP contribution < -0.4 is 5.56 Å². The molecule has 5 nitrogen and oxygen atoms in total. The highest BCUT2D eigenvalue weighted by Crippen LogP contribution is 2.21. The summed E-state index contributed by atoms with van der Waals surface area (Å²) in [4.78, 5) is 17.6. The van der Waals surface area contributed by atoms with Crippen LogP contribution in [-0.2, 0) is 19.4 Å². The average molecular weight is 354 g/mol. The van der Waals surface area contributed by atoms with Gasteiger partial charge in [-0.3, -0.25) is 4.79 Å². The summed E-state index contributed by atoms with van der Waals surface area (Å²) in [6, 6.07) is 10.4. The van der Waals surface area contributed by atoms with Crippen LogP contribution in [0, 0.1) is 0 Å². The number of thioether (sulfide) groups is 1. The van der Waals surface area contributed by atoms with Gasteiger partial charge in [0.1, 0.15) is 0 Å². The van der Waals surface area contributed by atoms with E-state index in [2.05, 4.69) is 38.9 Å². The van der Waals surface area contributed by atoms with Crippen LogP contribution in [-0.4, -0.2) is 25.4 Å². The van der Waals surface area contributed by atoms with E-state index in [0.717, 1.165) is 43.5 Å². The van der Waals surface area contributed by atoms with Gasteiger partial charge < -0.3 is 4.57 Å². The third-order valence-electron chi connectivity index (χ3n) is 4.89. The second-order valence-electron chi connectivity index (χ2n) is 6.53. The molecule has 3 aromatic rings. The van der Waals surface area contributed by atoms with Crippen LogP contribution in [0.1, 0.15) is 42.5 Å². The Hall–Kier alpha value is -2.08. The van der Waals surface area contributed by atoms with Crippen molar-refractivity contribution < 1.29 is 0 Å². The van der Waals surface area contributed by atoms with Crippen molar-refractivity contribution in [2.45, 2.75) is 50.2 Å². The molecule has 1 aliphatic rings. The lowest BCUT2D eigenvalue weighted by atomic mass is 9.97. The second-order valence-corrected chi connectivity index (χ2v) is 7.30. The van der Waals surface area contributed by atoms with E-state index in [4.69, 9.17) is 0 Å². The Morgan fingerprint density at radius 1 is 1.08 bits per heavy atom. The maximum atomic E-state index is 13.0. The molecule has 0 unspecified atom stereocenters. The minimum atomic E-state index is 0.0176. The first kappa shape index (κ1) is 16.4. The molecule has 0 radical (unpaired) electrons. The van der Waals surface area contributed by atoms with Crippen LogP contribution in [0.3, 0.4) is 0 Å². The molecule has 0 atom stereocenters. The number of aromatic nitrogens is 4. The first-order chi connectivity index (χ1) is 12.3.